The van der Waals surface area contributed by atoms with Crippen molar-refractivity contribution in [3.63, 3.8) is 0 Å². The molecule has 2 N–H and O–H groups in total. The van der Waals surface area contributed by atoms with Gasteiger partial charge in [0.2, 0.25) is 5.88 Å². The van der Waals surface area contributed by atoms with Crippen LogP contribution in [-0.2, 0) is 0 Å². The highest BCUT2D eigenvalue weighted by atomic mass is 35.5. The van der Waals surface area contributed by atoms with Crippen LogP contribution in [0.2, 0.25) is 5.15 Å². The van der Waals surface area contributed by atoms with E-state index in [1.165, 1.54) is 6.33 Å². The summed E-state index contributed by atoms with van der Waals surface area (Å²) < 4.78 is 5.55. The van der Waals surface area contributed by atoms with Gasteiger partial charge in [0.15, 0.2) is 5.15 Å². The number of hydrogen-bond donors (Lipinski definition) is 1. The number of nitrogens with zero attached hydrogens (tertiary/aromatic N) is 3. The summed E-state index contributed by atoms with van der Waals surface area (Å²) in [4.78, 5) is 10.1. The topological polar surface area (TPSA) is 64.3 Å². The van der Waals surface area contributed by atoms with Gasteiger partial charge in [0, 0.05) is 18.6 Å². The van der Waals surface area contributed by atoms with Crippen LogP contribution in [-0.4, -0.2) is 40.1 Å². The smallest absolute Gasteiger partial charge is 0.241 e. The summed E-state index contributed by atoms with van der Waals surface area (Å²) in [6.45, 7) is 9.99. The van der Waals surface area contributed by atoms with Crippen LogP contribution < -0.4 is 10.5 Å². The molecule has 0 aliphatic heterocycles. The van der Waals surface area contributed by atoms with Gasteiger partial charge in [-0.1, -0.05) is 11.6 Å². The molecule has 18 heavy (non-hydrogen) atoms. The quantitative estimate of drug-likeness (QED) is 0.805. The third kappa shape index (κ3) is 3.99. The molecule has 0 aromatic carbocycles. The van der Waals surface area contributed by atoms with Crippen molar-refractivity contribution in [2.24, 2.45) is 0 Å². The molecule has 0 unspecified atom stereocenters. The van der Waals surface area contributed by atoms with E-state index in [2.05, 4.69) is 42.6 Å². The molecule has 1 rings (SSSR count). The molecule has 0 spiro atoms. The van der Waals surface area contributed by atoms with Crippen LogP contribution in [0.4, 0.5) is 5.69 Å². The van der Waals surface area contributed by atoms with E-state index in [9.17, 15) is 0 Å². The van der Waals surface area contributed by atoms with Gasteiger partial charge in [0.05, 0.1) is 0 Å². The molecule has 0 saturated heterocycles. The van der Waals surface area contributed by atoms with Crippen LogP contribution in [0.3, 0.4) is 0 Å². The Balaban J connectivity index is 2.53. The third-order valence-corrected chi connectivity index (χ3v) is 3.01. The number of hydrogen-bond acceptors (Lipinski definition) is 5. The first kappa shape index (κ1) is 15.0. The highest BCUT2D eigenvalue weighted by Gasteiger charge is 2.14. The Hall–Kier alpha value is -1.07. The van der Waals surface area contributed by atoms with E-state index in [4.69, 9.17) is 22.1 Å². The maximum absolute atomic E-state index is 5.79. The number of anilines is 1. The van der Waals surface area contributed by atoms with E-state index < -0.39 is 0 Å². The molecule has 0 bridgehead atoms. The summed E-state index contributed by atoms with van der Waals surface area (Å²) in [5.41, 5.74) is 6.02. The fraction of sp³-hybridized carbons (Fsp3) is 0.667. The first-order valence-electron chi connectivity index (χ1n) is 6.08. The van der Waals surface area contributed by atoms with Gasteiger partial charge in [-0.15, -0.1) is 0 Å². The highest BCUT2D eigenvalue weighted by molar-refractivity contribution is 6.32. The van der Waals surface area contributed by atoms with E-state index >= 15 is 0 Å². The van der Waals surface area contributed by atoms with Crippen molar-refractivity contribution in [3.05, 3.63) is 11.5 Å². The van der Waals surface area contributed by atoms with Crippen LogP contribution in [0.5, 0.6) is 5.88 Å². The summed E-state index contributed by atoms with van der Waals surface area (Å²) in [6, 6.07) is 0.944. The lowest BCUT2D eigenvalue weighted by molar-refractivity contribution is 0.140. The molecule has 0 aliphatic rings. The maximum Gasteiger partial charge on any atom is 0.241 e. The van der Waals surface area contributed by atoms with Crippen LogP contribution in [0.25, 0.3) is 0 Å². The summed E-state index contributed by atoms with van der Waals surface area (Å²) in [5, 5.41) is 0.226. The summed E-state index contributed by atoms with van der Waals surface area (Å²) >= 11 is 5.79. The van der Waals surface area contributed by atoms with Gasteiger partial charge in [-0.25, -0.2) is 4.98 Å². The molecule has 0 saturated carbocycles. The average Bonchev–Trinajstić information content (AvgIpc) is 2.28. The zero-order valence-corrected chi connectivity index (χ0v) is 12.1. The molecule has 5 nitrogen and oxygen atoms in total. The molecule has 102 valence electrons. The van der Waals surface area contributed by atoms with Crippen molar-refractivity contribution in [1.29, 1.82) is 0 Å². The minimum Gasteiger partial charge on any atom is -0.475 e. The highest BCUT2D eigenvalue weighted by Crippen LogP contribution is 2.23. The minimum absolute atomic E-state index is 0.226. The van der Waals surface area contributed by atoms with E-state index in [1.54, 1.807) is 0 Å². The number of aromatic nitrogens is 2. The number of nitrogens with two attached hydrogens (primary N) is 1. The van der Waals surface area contributed by atoms with Gasteiger partial charge in [0.1, 0.15) is 18.6 Å². The van der Waals surface area contributed by atoms with Crippen molar-refractivity contribution < 1.29 is 4.74 Å². The average molecular weight is 273 g/mol. The maximum atomic E-state index is 5.79. The Labute approximate surface area is 113 Å². The molecule has 0 fully saturated rings. The molecule has 0 atom stereocenters. The number of nitrogen functional groups attached to an aromatic ring is 1. The van der Waals surface area contributed by atoms with Crippen LogP contribution in [0.15, 0.2) is 6.33 Å². The second-order valence-electron chi connectivity index (χ2n) is 4.66. The van der Waals surface area contributed by atoms with Crippen LogP contribution in [0.1, 0.15) is 27.7 Å². The van der Waals surface area contributed by atoms with Crippen molar-refractivity contribution >= 4 is 17.3 Å². The molecular formula is C12H21ClN4O. The van der Waals surface area contributed by atoms with Crippen molar-refractivity contribution in [2.45, 2.75) is 39.8 Å². The second kappa shape index (κ2) is 6.75. The second-order valence-corrected chi connectivity index (χ2v) is 5.02. The molecule has 0 radical (unpaired) electrons. The van der Waals surface area contributed by atoms with Gasteiger partial charge in [-0.2, -0.15) is 4.98 Å². The monoisotopic (exact) mass is 272 g/mol. The SMILES string of the molecule is CC(C)N(CCOc1ncnc(Cl)c1N)C(C)C. The normalized spacial score (nSPS) is 11.6. The standard InChI is InChI=1S/C12H21ClN4O/c1-8(2)17(9(3)4)5-6-18-12-10(14)11(13)15-7-16-12/h7-9H,5-6,14H2,1-4H3. The van der Waals surface area contributed by atoms with E-state index in [0.717, 1.165) is 6.54 Å². The minimum atomic E-state index is 0.226. The van der Waals surface area contributed by atoms with Crippen molar-refractivity contribution in [3.8, 4) is 5.88 Å². The lowest BCUT2D eigenvalue weighted by Gasteiger charge is -2.30. The number of halogens is 1. The number of rotatable bonds is 6. The van der Waals surface area contributed by atoms with Crippen LogP contribution >= 0.6 is 11.6 Å². The first-order valence-corrected chi connectivity index (χ1v) is 6.45. The van der Waals surface area contributed by atoms with Gasteiger partial charge < -0.3 is 10.5 Å². The van der Waals surface area contributed by atoms with Gasteiger partial charge >= 0.3 is 0 Å². The van der Waals surface area contributed by atoms with Crippen molar-refractivity contribution in [1.82, 2.24) is 14.9 Å². The molecule has 1 aromatic rings. The van der Waals surface area contributed by atoms with E-state index in [0.29, 0.717) is 30.3 Å². The first-order chi connectivity index (χ1) is 8.43. The molecular weight excluding hydrogens is 252 g/mol. The predicted octanol–water partition coefficient (Wildman–Crippen LogP) is 2.21. The van der Waals surface area contributed by atoms with Crippen molar-refractivity contribution in [2.75, 3.05) is 18.9 Å². The lowest BCUT2D eigenvalue weighted by Crippen LogP contribution is -2.39. The Morgan fingerprint density at radius 1 is 1.28 bits per heavy atom. The molecule has 6 heteroatoms. The molecule has 0 aliphatic carbocycles. The van der Waals surface area contributed by atoms with Crippen LogP contribution in [0, 0.1) is 0 Å². The number of ether oxygens (including phenoxy) is 1. The van der Waals surface area contributed by atoms with Gasteiger partial charge in [-0.05, 0) is 27.7 Å². The summed E-state index contributed by atoms with van der Waals surface area (Å²) in [7, 11) is 0. The van der Waals surface area contributed by atoms with E-state index in [1.807, 2.05) is 0 Å². The Kier molecular flexibility index (Phi) is 5.62. The van der Waals surface area contributed by atoms with Gasteiger partial charge in [-0.3, -0.25) is 4.90 Å². The molecule has 0 amide bonds. The molecule has 1 heterocycles. The predicted molar refractivity (Wildman–Crippen MR) is 73.9 cm³/mol. The Bertz CT molecular complexity index is 376. The van der Waals surface area contributed by atoms with E-state index in [-0.39, 0.29) is 5.15 Å². The Morgan fingerprint density at radius 2 is 1.89 bits per heavy atom. The zero-order valence-electron chi connectivity index (χ0n) is 11.4. The fourth-order valence-corrected chi connectivity index (χ4v) is 1.96. The fourth-order valence-electron chi connectivity index (χ4n) is 1.83. The molecule has 1 aromatic heterocycles. The largest absolute Gasteiger partial charge is 0.475 e. The third-order valence-electron chi connectivity index (χ3n) is 2.71. The lowest BCUT2D eigenvalue weighted by atomic mass is 10.2. The summed E-state index contributed by atoms with van der Waals surface area (Å²) in [6.07, 6.45) is 1.34. The summed E-state index contributed by atoms with van der Waals surface area (Å²) in [5.74, 6) is 0.350. The Morgan fingerprint density at radius 3 is 2.44 bits per heavy atom. The van der Waals surface area contributed by atoms with Gasteiger partial charge in [0.25, 0.3) is 0 Å². The zero-order chi connectivity index (χ0) is 13.7.